The molecule has 2 rings (SSSR count). The molecule has 1 aromatic heterocycles. The monoisotopic (exact) mass is 351 g/mol. The summed E-state index contributed by atoms with van der Waals surface area (Å²) in [6.07, 6.45) is 2.86. The summed E-state index contributed by atoms with van der Waals surface area (Å²) in [5.41, 5.74) is 2.22. The lowest BCUT2D eigenvalue weighted by Gasteiger charge is -2.19. The lowest BCUT2D eigenvalue weighted by atomic mass is 10.0. The van der Waals surface area contributed by atoms with Gasteiger partial charge in [0.15, 0.2) is 0 Å². The molecule has 0 aliphatic heterocycles. The molecule has 1 atom stereocenters. The molecule has 0 aliphatic carbocycles. The van der Waals surface area contributed by atoms with Gasteiger partial charge in [0.05, 0.1) is 12.8 Å². The predicted octanol–water partition coefficient (Wildman–Crippen LogP) is 3.74. The van der Waals surface area contributed by atoms with Gasteiger partial charge in [-0.15, -0.1) is 0 Å². The van der Waals surface area contributed by atoms with Crippen molar-refractivity contribution in [2.24, 2.45) is 0 Å². The zero-order valence-electron chi connectivity index (χ0n) is 12.9. The topological polar surface area (TPSA) is 39.1 Å². The number of halogens is 1. The van der Waals surface area contributed by atoms with Crippen molar-refractivity contribution in [3.05, 3.63) is 46.2 Å². The van der Waals surface area contributed by atoms with Crippen LogP contribution >= 0.6 is 15.9 Å². The Morgan fingerprint density at radius 2 is 2.10 bits per heavy atom. The molecule has 1 unspecified atom stereocenters. The third kappa shape index (κ3) is 3.86. The molecular weight excluding hydrogens is 330 g/mol. The Labute approximate surface area is 134 Å². The Hall–Kier alpha value is -1.33. The molecule has 1 heterocycles. The molecule has 0 bridgehead atoms. The fourth-order valence-electron chi connectivity index (χ4n) is 2.32. The number of methoxy groups -OCH3 is 1. The summed E-state index contributed by atoms with van der Waals surface area (Å²) in [5, 5.41) is 7.98. The van der Waals surface area contributed by atoms with Crippen molar-refractivity contribution in [1.29, 1.82) is 0 Å². The van der Waals surface area contributed by atoms with Crippen LogP contribution in [0.15, 0.2) is 34.9 Å². The minimum Gasteiger partial charge on any atom is -0.496 e. The van der Waals surface area contributed by atoms with Gasteiger partial charge < -0.3 is 10.1 Å². The van der Waals surface area contributed by atoms with Gasteiger partial charge in [-0.1, -0.05) is 22.0 Å². The average molecular weight is 352 g/mol. The SMILES string of the molecule is CNC(Cc1ccn(C(C)C)n1)c1ccc(Br)cc1OC. The molecule has 21 heavy (non-hydrogen) atoms. The zero-order valence-corrected chi connectivity index (χ0v) is 14.5. The largest absolute Gasteiger partial charge is 0.496 e. The molecule has 0 spiro atoms. The molecule has 5 heteroatoms. The van der Waals surface area contributed by atoms with Crippen LogP contribution in [0.3, 0.4) is 0 Å². The van der Waals surface area contributed by atoms with E-state index in [9.17, 15) is 0 Å². The van der Waals surface area contributed by atoms with Crippen LogP contribution in [-0.4, -0.2) is 23.9 Å². The first-order valence-electron chi connectivity index (χ1n) is 7.10. The molecule has 0 amide bonds. The Morgan fingerprint density at radius 3 is 2.67 bits per heavy atom. The van der Waals surface area contributed by atoms with Crippen molar-refractivity contribution in [3.8, 4) is 5.75 Å². The van der Waals surface area contributed by atoms with E-state index in [2.05, 4.69) is 52.3 Å². The van der Waals surface area contributed by atoms with Crippen molar-refractivity contribution < 1.29 is 4.74 Å². The van der Waals surface area contributed by atoms with Crippen LogP contribution in [-0.2, 0) is 6.42 Å². The maximum Gasteiger partial charge on any atom is 0.124 e. The molecule has 1 aromatic carbocycles. The number of benzene rings is 1. The van der Waals surface area contributed by atoms with Gasteiger partial charge in [0.1, 0.15) is 5.75 Å². The second-order valence-corrected chi connectivity index (χ2v) is 6.23. The maximum atomic E-state index is 5.49. The number of hydrogen-bond acceptors (Lipinski definition) is 3. The molecule has 0 aliphatic rings. The van der Waals surface area contributed by atoms with Gasteiger partial charge in [0, 0.05) is 34.7 Å². The summed E-state index contributed by atoms with van der Waals surface area (Å²) in [5.74, 6) is 0.881. The first-order valence-corrected chi connectivity index (χ1v) is 7.89. The van der Waals surface area contributed by atoms with E-state index in [0.29, 0.717) is 6.04 Å². The highest BCUT2D eigenvalue weighted by Gasteiger charge is 2.17. The van der Waals surface area contributed by atoms with Gasteiger partial charge in [0.2, 0.25) is 0 Å². The molecular formula is C16H22BrN3O. The molecule has 0 saturated carbocycles. The summed E-state index contributed by atoms with van der Waals surface area (Å²) in [6.45, 7) is 4.26. The van der Waals surface area contributed by atoms with Crippen LogP contribution < -0.4 is 10.1 Å². The van der Waals surface area contributed by atoms with Crippen molar-refractivity contribution in [2.45, 2.75) is 32.4 Å². The summed E-state index contributed by atoms with van der Waals surface area (Å²) in [4.78, 5) is 0. The highest BCUT2D eigenvalue weighted by molar-refractivity contribution is 9.10. The molecule has 4 nitrogen and oxygen atoms in total. The highest BCUT2D eigenvalue weighted by atomic mass is 79.9. The number of nitrogens with zero attached hydrogens (tertiary/aromatic N) is 2. The van der Waals surface area contributed by atoms with E-state index in [1.807, 2.05) is 30.1 Å². The van der Waals surface area contributed by atoms with E-state index >= 15 is 0 Å². The van der Waals surface area contributed by atoms with E-state index < -0.39 is 0 Å². The zero-order chi connectivity index (χ0) is 15.4. The van der Waals surface area contributed by atoms with Crippen molar-refractivity contribution in [1.82, 2.24) is 15.1 Å². The standard InChI is InChI=1S/C16H22BrN3O/c1-11(2)20-8-7-13(19-20)10-15(18-3)14-6-5-12(17)9-16(14)21-4/h5-9,11,15,18H,10H2,1-4H3. The predicted molar refractivity (Wildman–Crippen MR) is 88.8 cm³/mol. The van der Waals surface area contributed by atoms with Crippen LogP contribution in [0.5, 0.6) is 5.75 Å². The maximum absolute atomic E-state index is 5.49. The van der Waals surface area contributed by atoms with Crippen molar-refractivity contribution in [3.63, 3.8) is 0 Å². The van der Waals surface area contributed by atoms with Crippen LogP contribution in [0, 0.1) is 0 Å². The van der Waals surface area contributed by atoms with Crippen LogP contribution in [0.1, 0.15) is 37.2 Å². The number of aromatic nitrogens is 2. The van der Waals surface area contributed by atoms with Crippen molar-refractivity contribution in [2.75, 3.05) is 14.2 Å². The highest BCUT2D eigenvalue weighted by Crippen LogP contribution is 2.30. The second kappa shape index (κ2) is 7.09. The molecule has 2 aromatic rings. The van der Waals surface area contributed by atoms with Gasteiger partial charge in [0.25, 0.3) is 0 Å². The normalized spacial score (nSPS) is 12.7. The average Bonchev–Trinajstić information content (AvgIpc) is 2.93. The summed E-state index contributed by atoms with van der Waals surface area (Å²) >= 11 is 3.48. The first kappa shape index (κ1) is 16.0. The van der Waals surface area contributed by atoms with E-state index in [1.165, 1.54) is 0 Å². The number of ether oxygens (including phenoxy) is 1. The lowest BCUT2D eigenvalue weighted by molar-refractivity contribution is 0.400. The van der Waals surface area contributed by atoms with Crippen LogP contribution in [0.4, 0.5) is 0 Å². The fourth-order valence-corrected chi connectivity index (χ4v) is 2.66. The van der Waals surface area contributed by atoms with E-state index in [0.717, 1.165) is 27.9 Å². The third-order valence-electron chi connectivity index (χ3n) is 3.53. The van der Waals surface area contributed by atoms with Gasteiger partial charge in [-0.2, -0.15) is 5.10 Å². The summed E-state index contributed by atoms with van der Waals surface area (Å²) in [7, 11) is 3.66. The lowest BCUT2D eigenvalue weighted by Crippen LogP contribution is -2.20. The van der Waals surface area contributed by atoms with Crippen LogP contribution in [0.25, 0.3) is 0 Å². The molecule has 0 radical (unpaired) electrons. The van der Waals surface area contributed by atoms with Crippen molar-refractivity contribution >= 4 is 15.9 Å². The van der Waals surface area contributed by atoms with Gasteiger partial charge in [-0.25, -0.2) is 0 Å². The number of hydrogen-bond donors (Lipinski definition) is 1. The minimum absolute atomic E-state index is 0.170. The van der Waals surface area contributed by atoms with Gasteiger partial charge in [-0.3, -0.25) is 4.68 Å². The molecule has 0 saturated heterocycles. The number of rotatable bonds is 6. The first-order chi connectivity index (χ1) is 10.0. The van der Waals surface area contributed by atoms with E-state index in [1.54, 1.807) is 7.11 Å². The van der Waals surface area contributed by atoms with E-state index in [-0.39, 0.29) is 6.04 Å². The molecule has 0 fully saturated rings. The minimum atomic E-state index is 0.170. The quantitative estimate of drug-likeness (QED) is 0.861. The fraction of sp³-hybridized carbons (Fsp3) is 0.438. The number of nitrogens with one attached hydrogen (secondary N) is 1. The second-order valence-electron chi connectivity index (χ2n) is 5.31. The third-order valence-corrected chi connectivity index (χ3v) is 4.02. The Balaban J connectivity index is 2.23. The van der Waals surface area contributed by atoms with Gasteiger partial charge in [-0.05, 0) is 39.1 Å². The smallest absolute Gasteiger partial charge is 0.124 e. The molecule has 1 N–H and O–H groups in total. The van der Waals surface area contributed by atoms with Crippen LogP contribution in [0.2, 0.25) is 0 Å². The Kier molecular flexibility index (Phi) is 5.42. The van der Waals surface area contributed by atoms with Gasteiger partial charge >= 0.3 is 0 Å². The molecule has 114 valence electrons. The summed E-state index contributed by atoms with van der Waals surface area (Å²) in [6, 6.07) is 8.75. The summed E-state index contributed by atoms with van der Waals surface area (Å²) < 4.78 is 8.50. The van der Waals surface area contributed by atoms with E-state index in [4.69, 9.17) is 4.74 Å². The Morgan fingerprint density at radius 1 is 1.33 bits per heavy atom. The number of likely N-dealkylation sites (N-methyl/N-ethyl adjacent to an activating group) is 1. The Bertz CT molecular complexity index is 595.